The van der Waals surface area contributed by atoms with Gasteiger partial charge in [-0.2, -0.15) is 11.3 Å². The van der Waals surface area contributed by atoms with Crippen molar-refractivity contribution < 1.29 is 9.59 Å². The van der Waals surface area contributed by atoms with Crippen LogP contribution >= 0.6 is 11.3 Å². The molecule has 2 heterocycles. The van der Waals surface area contributed by atoms with Gasteiger partial charge in [0.25, 0.3) is 0 Å². The van der Waals surface area contributed by atoms with Crippen molar-refractivity contribution in [1.29, 1.82) is 0 Å². The molecule has 1 aliphatic heterocycles. The van der Waals surface area contributed by atoms with Gasteiger partial charge in [-0.15, -0.1) is 0 Å². The fourth-order valence-corrected chi connectivity index (χ4v) is 4.13. The van der Waals surface area contributed by atoms with E-state index in [4.69, 9.17) is 0 Å². The first kappa shape index (κ1) is 13.6. The minimum absolute atomic E-state index is 0.0575. The topological polar surface area (TPSA) is 49.4 Å². The van der Waals surface area contributed by atoms with Crippen molar-refractivity contribution in [2.45, 2.75) is 44.1 Å². The molecule has 0 radical (unpaired) electrons. The van der Waals surface area contributed by atoms with E-state index >= 15 is 0 Å². The van der Waals surface area contributed by atoms with Crippen molar-refractivity contribution in [2.75, 3.05) is 13.1 Å². The molecule has 4 nitrogen and oxygen atoms in total. The zero-order chi connectivity index (χ0) is 14.0. The van der Waals surface area contributed by atoms with Crippen molar-refractivity contribution in [3.63, 3.8) is 0 Å². The number of carbonyl (C=O) groups is 2. The fraction of sp³-hybridized carbons (Fsp3) is 0.600. The highest BCUT2D eigenvalue weighted by Gasteiger charge is 2.49. The summed E-state index contributed by atoms with van der Waals surface area (Å²) >= 11 is 1.67. The molecule has 0 aromatic carbocycles. The Kier molecular flexibility index (Phi) is 3.78. The van der Waals surface area contributed by atoms with Gasteiger partial charge in [0, 0.05) is 6.54 Å². The van der Waals surface area contributed by atoms with Crippen LogP contribution in [0.1, 0.15) is 37.7 Å². The average molecular weight is 292 g/mol. The van der Waals surface area contributed by atoms with E-state index in [1.807, 2.05) is 4.90 Å². The van der Waals surface area contributed by atoms with E-state index < -0.39 is 5.54 Å². The number of thiophene rings is 1. The summed E-state index contributed by atoms with van der Waals surface area (Å²) in [6.45, 7) is 0.813. The highest BCUT2D eigenvalue weighted by atomic mass is 32.1. The molecule has 1 N–H and O–H groups in total. The molecule has 0 atom stereocenters. The van der Waals surface area contributed by atoms with Crippen molar-refractivity contribution in [2.24, 2.45) is 0 Å². The van der Waals surface area contributed by atoms with Crippen LogP contribution in [-0.4, -0.2) is 35.3 Å². The predicted molar refractivity (Wildman–Crippen MR) is 78.6 cm³/mol. The van der Waals surface area contributed by atoms with Crippen LogP contribution in [0.4, 0.5) is 0 Å². The highest BCUT2D eigenvalue weighted by molar-refractivity contribution is 7.07. The van der Waals surface area contributed by atoms with Crippen molar-refractivity contribution in [1.82, 2.24) is 10.2 Å². The van der Waals surface area contributed by atoms with Crippen LogP contribution in [0, 0.1) is 0 Å². The lowest BCUT2D eigenvalue weighted by Gasteiger charge is -2.48. The van der Waals surface area contributed by atoms with Crippen molar-refractivity contribution >= 4 is 23.2 Å². The van der Waals surface area contributed by atoms with Gasteiger partial charge in [-0.1, -0.05) is 19.3 Å². The summed E-state index contributed by atoms with van der Waals surface area (Å²) in [5.41, 5.74) is 0.684. The van der Waals surface area contributed by atoms with Crippen LogP contribution in [-0.2, 0) is 16.0 Å². The van der Waals surface area contributed by atoms with Gasteiger partial charge in [0.2, 0.25) is 11.8 Å². The van der Waals surface area contributed by atoms with Crippen LogP contribution in [0.2, 0.25) is 0 Å². The smallest absolute Gasteiger partial charge is 0.246 e. The molecule has 1 spiro atoms. The Morgan fingerprint density at radius 1 is 1.25 bits per heavy atom. The Bertz CT molecular complexity index is 492. The van der Waals surface area contributed by atoms with Gasteiger partial charge in [0.15, 0.2) is 0 Å². The van der Waals surface area contributed by atoms with E-state index in [2.05, 4.69) is 22.1 Å². The second kappa shape index (κ2) is 5.56. The molecule has 1 aromatic rings. The molecule has 0 bridgehead atoms. The third-order valence-electron chi connectivity index (χ3n) is 4.53. The second-order valence-electron chi connectivity index (χ2n) is 5.70. The number of piperazine rings is 1. The third kappa shape index (κ3) is 2.35. The number of nitrogens with one attached hydrogen (secondary N) is 1. The molecule has 2 amide bonds. The number of hydrogen-bond donors (Lipinski definition) is 1. The predicted octanol–water partition coefficient (Wildman–Crippen LogP) is 1.95. The molecule has 1 saturated carbocycles. The highest BCUT2D eigenvalue weighted by Crippen LogP contribution is 2.35. The Balaban J connectivity index is 1.79. The molecule has 1 saturated heterocycles. The monoisotopic (exact) mass is 292 g/mol. The van der Waals surface area contributed by atoms with Gasteiger partial charge < -0.3 is 10.2 Å². The summed E-state index contributed by atoms with van der Waals surface area (Å²) in [6, 6.07) is 2.09. The lowest BCUT2D eigenvalue weighted by Crippen LogP contribution is -2.68. The van der Waals surface area contributed by atoms with Gasteiger partial charge in [-0.05, 0) is 41.7 Å². The molecule has 1 aliphatic carbocycles. The zero-order valence-corrected chi connectivity index (χ0v) is 12.4. The standard InChI is InChI=1S/C15H20N2O2S/c18-13-10-16-14(19)15(6-2-1-3-7-15)17(13)8-4-12-5-9-20-11-12/h5,9,11H,1-4,6-8,10H2,(H,16,19). The first-order valence-corrected chi connectivity index (χ1v) is 8.26. The molecule has 20 heavy (non-hydrogen) atoms. The van der Waals surface area contributed by atoms with Gasteiger partial charge in [0.05, 0.1) is 6.54 Å². The first-order valence-electron chi connectivity index (χ1n) is 7.32. The van der Waals surface area contributed by atoms with E-state index in [-0.39, 0.29) is 18.4 Å². The molecule has 3 rings (SSSR count). The quantitative estimate of drug-likeness (QED) is 0.926. The van der Waals surface area contributed by atoms with Crippen LogP contribution in [0.3, 0.4) is 0 Å². The number of rotatable bonds is 3. The second-order valence-corrected chi connectivity index (χ2v) is 6.48. The molecule has 5 heteroatoms. The van der Waals surface area contributed by atoms with E-state index in [0.717, 1.165) is 32.1 Å². The lowest BCUT2D eigenvalue weighted by molar-refractivity contribution is -0.156. The first-order chi connectivity index (χ1) is 9.72. The van der Waals surface area contributed by atoms with Gasteiger partial charge in [-0.25, -0.2) is 0 Å². The van der Waals surface area contributed by atoms with Crippen LogP contribution in [0.25, 0.3) is 0 Å². The summed E-state index contributed by atoms with van der Waals surface area (Å²) in [5, 5.41) is 6.95. The van der Waals surface area contributed by atoms with E-state index in [1.165, 1.54) is 12.0 Å². The van der Waals surface area contributed by atoms with E-state index in [9.17, 15) is 9.59 Å². The third-order valence-corrected chi connectivity index (χ3v) is 5.26. The van der Waals surface area contributed by atoms with E-state index in [0.29, 0.717) is 6.54 Å². The van der Waals surface area contributed by atoms with Gasteiger partial charge in [0.1, 0.15) is 5.54 Å². The minimum atomic E-state index is -0.566. The molecule has 2 fully saturated rings. The molecular weight excluding hydrogens is 272 g/mol. The summed E-state index contributed by atoms with van der Waals surface area (Å²) < 4.78 is 0. The average Bonchev–Trinajstić information content (AvgIpc) is 2.98. The van der Waals surface area contributed by atoms with Crippen LogP contribution in [0.15, 0.2) is 16.8 Å². The van der Waals surface area contributed by atoms with Crippen molar-refractivity contribution in [3.8, 4) is 0 Å². The van der Waals surface area contributed by atoms with E-state index in [1.54, 1.807) is 11.3 Å². The number of hydrogen-bond acceptors (Lipinski definition) is 3. The maximum Gasteiger partial charge on any atom is 0.246 e. The van der Waals surface area contributed by atoms with Crippen molar-refractivity contribution in [3.05, 3.63) is 22.4 Å². The SMILES string of the molecule is O=C1CNC(=O)C2(CCCCC2)N1CCc1ccsc1. The van der Waals surface area contributed by atoms with Crippen LogP contribution < -0.4 is 5.32 Å². The maximum atomic E-state index is 12.4. The maximum absolute atomic E-state index is 12.4. The van der Waals surface area contributed by atoms with Gasteiger partial charge >= 0.3 is 0 Å². The largest absolute Gasteiger partial charge is 0.345 e. The summed E-state index contributed by atoms with van der Waals surface area (Å²) in [6.07, 6.45) is 5.71. The Morgan fingerprint density at radius 3 is 2.75 bits per heavy atom. The molecular formula is C15H20N2O2S. The number of carbonyl (C=O) groups excluding carboxylic acids is 2. The summed E-state index contributed by atoms with van der Waals surface area (Å²) in [5.74, 6) is 0.129. The lowest BCUT2D eigenvalue weighted by atomic mass is 9.78. The molecule has 2 aliphatic rings. The number of nitrogens with zero attached hydrogens (tertiary/aromatic N) is 1. The Labute approximate surface area is 123 Å². The Hall–Kier alpha value is -1.36. The minimum Gasteiger partial charge on any atom is -0.345 e. The number of amides is 2. The molecule has 0 unspecified atom stereocenters. The fourth-order valence-electron chi connectivity index (χ4n) is 3.43. The molecule has 1 aromatic heterocycles. The molecule has 108 valence electrons. The Morgan fingerprint density at radius 2 is 2.05 bits per heavy atom. The summed E-state index contributed by atoms with van der Waals surface area (Å²) in [4.78, 5) is 26.5. The summed E-state index contributed by atoms with van der Waals surface area (Å²) in [7, 11) is 0. The van der Waals surface area contributed by atoms with Gasteiger partial charge in [-0.3, -0.25) is 9.59 Å². The zero-order valence-electron chi connectivity index (χ0n) is 11.6. The van der Waals surface area contributed by atoms with Crippen LogP contribution in [0.5, 0.6) is 0 Å². The normalized spacial score (nSPS) is 22.1.